The molecule has 4 rings (SSSR count). The van der Waals surface area contributed by atoms with Crippen molar-refractivity contribution in [2.45, 2.75) is 56.9 Å². The van der Waals surface area contributed by atoms with Gasteiger partial charge in [-0.25, -0.2) is 0 Å². The molecule has 146 valence electrons. The number of carbonyl (C=O) groups excluding carboxylic acids is 2. The van der Waals surface area contributed by atoms with E-state index in [9.17, 15) is 9.59 Å². The van der Waals surface area contributed by atoms with E-state index in [4.69, 9.17) is 11.6 Å². The maximum Gasteiger partial charge on any atom is 0.230 e. The highest BCUT2D eigenvalue weighted by atomic mass is 35.5. The van der Waals surface area contributed by atoms with Crippen LogP contribution in [0, 0.1) is 5.92 Å². The Bertz CT molecular complexity index is 882. The maximum atomic E-state index is 13.0. The van der Waals surface area contributed by atoms with Crippen molar-refractivity contribution < 1.29 is 9.59 Å². The summed E-state index contributed by atoms with van der Waals surface area (Å²) in [6, 6.07) is 15.3. The number of rotatable bonds is 7. The van der Waals surface area contributed by atoms with Gasteiger partial charge < -0.3 is 5.32 Å². The molecule has 2 saturated carbocycles. The van der Waals surface area contributed by atoms with Crippen LogP contribution in [-0.2, 0) is 16.6 Å². The Kier molecular flexibility index (Phi) is 5.29. The Morgan fingerprint density at radius 3 is 2.43 bits per heavy atom. The molecule has 1 atom stereocenters. The van der Waals surface area contributed by atoms with E-state index >= 15 is 0 Å². The fourth-order valence-electron chi connectivity index (χ4n) is 4.13. The van der Waals surface area contributed by atoms with Gasteiger partial charge in [-0.15, -0.1) is 0 Å². The molecule has 2 fully saturated rings. The van der Waals surface area contributed by atoms with Crippen LogP contribution in [0.15, 0.2) is 48.5 Å². The first-order chi connectivity index (χ1) is 13.5. The van der Waals surface area contributed by atoms with E-state index in [1.165, 1.54) is 12.8 Å². The first-order valence-corrected chi connectivity index (χ1v) is 10.5. The number of hydrogen-bond acceptors (Lipinski definition) is 2. The number of Topliss-reactive ketones (excluding diaryl/α,β-unsaturated/α-hetero) is 1. The van der Waals surface area contributed by atoms with Gasteiger partial charge in [0.2, 0.25) is 5.91 Å². The van der Waals surface area contributed by atoms with Crippen molar-refractivity contribution in [3.05, 3.63) is 70.2 Å². The third-order valence-electron chi connectivity index (χ3n) is 6.35. The normalized spacial score (nSPS) is 18.8. The van der Waals surface area contributed by atoms with E-state index < -0.39 is 5.41 Å². The highest BCUT2D eigenvalue weighted by molar-refractivity contribution is 6.31. The topological polar surface area (TPSA) is 46.2 Å². The molecule has 3 nitrogen and oxygen atoms in total. The summed E-state index contributed by atoms with van der Waals surface area (Å²) in [4.78, 5) is 25.5. The van der Waals surface area contributed by atoms with E-state index in [1.807, 2.05) is 24.3 Å². The molecule has 1 unspecified atom stereocenters. The Morgan fingerprint density at radius 2 is 1.86 bits per heavy atom. The predicted octanol–water partition coefficient (Wildman–Crippen LogP) is 5.10. The maximum absolute atomic E-state index is 13.0. The van der Waals surface area contributed by atoms with Gasteiger partial charge in [0.15, 0.2) is 5.78 Å². The summed E-state index contributed by atoms with van der Waals surface area (Å²) in [7, 11) is 0. The molecule has 0 aromatic heterocycles. The lowest BCUT2D eigenvalue weighted by atomic mass is 9.63. The van der Waals surface area contributed by atoms with Gasteiger partial charge in [0.1, 0.15) is 0 Å². The molecule has 2 aliphatic carbocycles. The molecule has 28 heavy (non-hydrogen) atoms. The van der Waals surface area contributed by atoms with Crippen LogP contribution in [0.4, 0.5) is 0 Å². The van der Waals surface area contributed by atoms with Crippen LogP contribution >= 0.6 is 11.6 Å². The van der Waals surface area contributed by atoms with E-state index in [0.717, 1.165) is 30.4 Å². The molecule has 1 N–H and O–H groups in total. The van der Waals surface area contributed by atoms with Crippen molar-refractivity contribution >= 4 is 23.3 Å². The molecule has 0 bridgehead atoms. The molecule has 4 heteroatoms. The van der Waals surface area contributed by atoms with Crippen LogP contribution < -0.4 is 5.32 Å². The highest BCUT2D eigenvalue weighted by Crippen LogP contribution is 2.44. The largest absolute Gasteiger partial charge is 0.353 e. The molecular weight excluding hydrogens is 370 g/mol. The molecule has 2 aromatic carbocycles. The summed E-state index contributed by atoms with van der Waals surface area (Å²) in [5, 5.41) is 3.82. The fourth-order valence-corrected chi connectivity index (χ4v) is 4.32. The van der Waals surface area contributed by atoms with Crippen LogP contribution in [0.3, 0.4) is 0 Å². The van der Waals surface area contributed by atoms with Crippen LogP contribution in [-0.4, -0.2) is 17.7 Å². The summed E-state index contributed by atoms with van der Waals surface area (Å²) in [5.41, 5.74) is 2.26. The standard InChI is InChI=1S/C24H26ClNO2/c1-16(18-8-9-18)26-23(28)24(12-3-13-24)20-10-6-17(7-11-20)14-22(27)19-4-2-5-21(25)15-19/h2,4-7,10-11,15-16,18H,3,8-9,12-14H2,1H3,(H,26,28). The molecule has 0 aliphatic heterocycles. The highest BCUT2D eigenvalue weighted by Gasteiger charge is 2.46. The Morgan fingerprint density at radius 1 is 1.14 bits per heavy atom. The van der Waals surface area contributed by atoms with Crippen molar-refractivity contribution in [1.82, 2.24) is 5.32 Å². The minimum atomic E-state index is -0.390. The number of amides is 1. The second-order valence-corrected chi connectivity index (χ2v) is 8.78. The fraction of sp³-hybridized carbons (Fsp3) is 0.417. The monoisotopic (exact) mass is 395 g/mol. The second-order valence-electron chi connectivity index (χ2n) is 8.34. The third kappa shape index (κ3) is 3.86. The zero-order chi connectivity index (χ0) is 19.7. The summed E-state index contributed by atoms with van der Waals surface area (Å²) in [6.45, 7) is 2.12. The van der Waals surface area contributed by atoms with Crippen LogP contribution in [0.1, 0.15) is 60.5 Å². The Labute approximate surface area is 171 Å². The van der Waals surface area contributed by atoms with Gasteiger partial charge in [-0.1, -0.05) is 54.4 Å². The number of nitrogens with one attached hydrogen (secondary N) is 1. The number of halogens is 1. The first kappa shape index (κ1) is 19.2. The molecule has 0 spiro atoms. The Balaban J connectivity index is 1.45. The molecule has 0 heterocycles. The van der Waals surface area contributed by atoms with Crippen molar-refractivity contribution in [2.24, 2.45) is 5.92 Å². The molecule has 0 radical (unpaired) electrons. The zero-order valence-electron chi connectivity index (χ0n) is 16.2. The minimum Gasteiger partial charge on any atom is -0.353 e. The van der Waals surface area contributed by atoms with Crippen molar-refractivity contribution in [3.63, 3.8) is 0 Å². The summed E-state index contributed by atoms with van der Waals surface area (Å²) in [6.07, 6.45) is 5.67. The summed E-state index contributed by atoms with van der Waals surface area (Å²) >= 11 is 5.98. The smallest absolute Gasteiger partial charge is 0.230 e. The van der Waals surface area contributed by atoms with Gasteiger partial charge in [0, 0.05) is 23.0 Å². The van der Waals surface area contributed by atoms with Crippen molar-refractivity contribution in [1.29, 1.82) is 0 Å². The average molecular weight is 396 g/mol. The third-order valence-corrected chi connectivity index (χ3v) is 6.58. The second kappa shape index (κ2) is 7.71. The van der Waals surface area contributed by atoms with Gasteiger partial charge in [0.05, 0.1) is 5.41 Å². The van der Waals surface area contributed by atoms with Gasteiger partial charge in [-0.3, -0.25) is 9.59 Å². The van der Waals surface area contributed by atoms with Crippen LogP contribution in [0.5, 0.6) is 0 Å². The predicted molar refractivity (Wildman–Crippen MR) is 112 cm³/mol. The molecular formula is C24H26ClNO2. The first-order valence-electron chi connectivity index (χ1n) is 10.2. The van der Waals surface area contributed by atoms with E-state index in [2.05, 4.69) is 12.2 Å². The van der Waals surface area contributed by atoms with Crippen molar-refractivity contribution in [2.75, 3.05) is 0 Å². The van der Waals surface area contributed by atoms with Gasteiger partial charge in [-0.05, 0) is 61.8 Å². The number of carbonyl (C=O) groups is 2. The quantitative estimate of drug-likeness (QED) is 0.663. The molecule has 2 aromatic rings. The molecule has 0 saturated heterocycles. The van der Waals surface area contributed by atoms with E-state index in [-0.39, 0.29) is 17.7 Å². The van der Waals surface area contributed by atoms with E-state index in [1.54, 1.807) is 24.3 Å². The Hall–Kier alpha value is -2.13. The molecule has 1 amide bonds. The summed E-state index contributed by atoms with van der Waals surface area (Å²) in [5.74, 6) is 0.867. The van der Waals surface area contributed by atoms with Crippen LogP contribution in [0.25, 0.3) is 0 Å². The molecule has 2 aliphatic rings. The lowest BCUT2D eigenvalue weighted by molar-refractivity contribution is -0.130. The minimum absolute atomic E-state index is 0.0459. The van der Waals surface area contributed by atoms with Crippen molar-refractivity contribution in [3.8, 4) is 0 Å². The number of ketones is 1. The SMILES string of the molecule is CC(NC(=O)C1(c2ccc(CC(=O)c3cccc(Cl)c3)cc2)CCC1)C1CC1. The van der Waals surface area contributed by atoms with Gasteiger partial charge >= 0.3 is 0 Å². The van der Waals surface area contributed by atoms with Gasteiger partial charge in [0.25, 0.3) is 0 Å². The lowest BCUT2D eigenvalue weighted by Crippen LogP contribution is -2.51. The average Bonchev–Trinajstić information content (AvgIpc) is 3.47. The van der Waals surface area contributed by atoms with Crippen LogP contribution in [0.2, 0.25) is 5.02 Å². The number of hydrogen-bond donors (Lipinski definition) is 1. The van der Waals surface area contributed by atoms with E-state index in [0.29, 0.717) is 22.9 Å². The number of benzene rings is 2. The summed E-state index contributed by atoms with van der Waals surface area (Å²) < 4.78 is 0. The van der Waals surface area contributed by atoms with Gasteiger partial charge in [-0.2, -0.15) is 0 Å². The lowest BCUT2D eigenvalue weighted by Gasteiger charge is -2.41. The zero-order valence-corrected chi connectivity index (χ0v) is 17.0.